The quantitative estimate of drug-likeness (QED) is 0.347. The highest BCUT2D eigenvalue weighted by molar-refractivity contribution is 5.98. The molecule has 0 unspecified atom stereocenters. The van der Waals surface area contributed by atoms with Gasteiger partial charge in [0.2, 0.25) is 5.95 Å². The van der Waals surface area contributed by atoms with E-state index in [9.17, 15) is 0 Å². The van der Waals surface area contributed by atoms with Crippen molar-refractivity contribution in [3.8, 4) is 22.8 Å². The molecule has 0 amide bonds. The molecule has 2 aromatic carbocycles. The Kier molecular flexibility index (Phi) is 4.14. The second-order valence-corrected chi connectivity index (χ2v) is 7.46. The van der Waals surface area contributed by atoms with E-state index >= 15 is 0 Å². The Balaban J connectivity index is 1.31. The van der Waals surface area contributed by atoms with Crippen molar-refractivity contribution in [3.05, 3.63) is 79.3 Å². The first-order valence-electron chi connectivity index (χ1n) is 10.2. The fourth-order valence-electron chi connectivity index (χ4n) is 3.75. The minimum Gasteiger partial charge on any atom is -0.457 e. The maximum Gasteiger partial charge on any atom is 0.205 e. The van der Waals surface area contributed by atoms with Gasteiger partial charge >= 0.3 is 0 Å². The van der Waals surface area contributed by atoms with E-state index in [0.717, 1.165) is 50.5 Å². The molecule has 8 heteroatoms. The predicted octanol–water partition coefficient (Wildman–Crippen LogP) is 5.38. The van der Waals surface area contributed by atoms with Crippen molar-refractivity contribution in [1.82, 2.24) is 29.7 Å². The lowest BCUT2D eigenvalue weighted by molar-refractivity contribution is 0.483. The van der Waals surface area contributed by atoms with Crippen LogP contribution in [0.5, 0.6) is 11.5 Å². The number of nitrogens with zero attached hydrogens (tertiary/aromatic N) is 4. The molecule has 8 nitrogen and oxygen atoms in total. The lowest BCUT2D eigenvalue weighted by atomic mass is 10.1. The first kappa shape index (κ1) is 18.2. The van der Waals surface area contributed by atoms with Gasteiger partial charge in [0.25, 0.3) is 0 Å². The molecule has 0 fully saturated rings. The summed E-state index contributed by atoms with van der Waals surface area (Å²) < 4.78 is 7.70. The normalized spacial score (nSPS) is 11.3. The van der Waals surface area contributed by atoms with Gasteiger partial charge in [-0.2, -0.15) is 5.10 Å². The molecule has 0 radical (unpaired) electrons. The molecule has 156 valence electrons. The van der Waals surface area contributed by atoms with Crippen molar-refractivity contribution >= 4 is 33.7 Å². The summed E-state index contributed by atoms with van der Waals surface area (Å²) >= 11 is 0. The van der Waals surface area contributed by atoms with Crippen LogP contribution < -0.4 is 10.1 Å². The second-order valence-electron chi connectivity index (χ2n) is 7.46. The molecule has 0 atom stereocenters. The highest BCUT2D eigenvalue weighted by Gasteiger charge is 2.13. The zero-order valence-electron chi connectivity index (χ0n) is 17.2. The molecular weight excluding hydrogens is 402 g/mol. The Morgan fingerprint density at radius 1 is 1.00 bits per heavy atom. The Labute approximate surface area is 182 Å². The van der Waals surface area contributed by atoms with Crippen molar-refractivity contribution in [2.75, 3.05) is 5.32 Å². The summed E-state index contributed by atoms with van der Waals surface area (Å²) in [5, 5.41) is 7.85. The minimum atomic E-state index is 0.628. The number of aryl methyl sites for hydroxylation is 1. The second kappa shape index (κ2) is 7.28. The zero-order chi connectivity index (χ0) is 21.5. The van der Waals surface area contributed by atoms with Crippen molar-refractivity contribution < 1.29 is 4.74 Å². The maximum atomic E-state index is 5.92. The minimum absolute atomic E-state index is 0.628. The van der Waals surface area contributed by atoms with Crippen molar-refractivity contribution in [2.24, 2.45) is 7.05 Å². The molecule has 0 saturated carbocycles. The van der Waals surface area contributed by atoms with E-state index in [4.69, 9.17) is 4.74 Å². The van der Waals surface area contributed by atoms with E-state index in [1.54, 1.807) is 10.9 Å². The van der Waals surface area contributed by atoms with Crippen LogP contribution in [-0.4, -0.2) is 29.7 Å². The number of ether oxygens (including phenoxy) is 1. The van der Waals surface area contributed by atoms with Crippen LogP contribution in [0.25, 0.3) is 33.3 Å². The maximum absolute atomic E-state index is 5.92. The standard InChI is InChI=1S/C24H19N7O/c1-31-12-10-18(30-31)17-9-11-25-23-21(14-26-22(17)23)29-24-27-19-8-7-16(13-20(19)28-24)32-15-5-3-2-4-6-15/h2-14,26H,1H3,(H2,27,28,29). The van der Waals surface area contributed by atoms with E-state index in [1.807, 2.05) is 80.1 Å². The van der Waals surface area contributed by atoms with Gasteiger partial charge in [-0.15, -0.1) is 0 Å². The van der Waals surface area contributed by atoms with Crippen molar-refractivity contribution in [1.29, 1.82) is 0 Å². The number of fused-ring (bicyclic) bond motifs is 2. The molecule has 3 N–H and O–H groups in total. The number of anilines is 2. The smallest absolute Gasteiger partial charge is 0.205 e. The lowest BCUT2D eigenvalue weighted by Gasteiger charge is -2.04. The third kappa shape index (κ3) is 3.24. The van der Waals surface area contributed by atoms with E-state index in [2.05, 4.69) is 30.4 Å². The first-order valence-corrected chi connectivity index (χ1v) is 10.2. The Morgan fingerprint density at radius 2 is 1.91 bits per heavy atom. The van der Waals surface area contributed by atoms with Gasteiger partial charge in [-0.25, -0.2) is 4.98 Å². The van der Waals surface area contributed by atoms with E-state index < -0.39 is 0 Å². The van der Waals surface area contributed by atoms with Crippen molar-refractivity contribution in [3.63, 3.8) is 0 Å². The molecular formula is C24H19N7O. The van der Waals surface area contributed by atoms with Crippen LogP contribution in [0.15, 0.2) is 79.3 Å². The zero-order valence-corrected chi connectivity index (χ0v) is 17.2. The van der Waals surface area contributed by atoms with Gasteiger partial charge in [-0.05, 0) is 36.4 Å². The largest absolute Gasteiger partial charge is 0.457 e. The van der Waals surface area contributed by atoms with Crippen LogP contribution in [0.1, 0.15) is 0 Å². The van der Waals surface area contributed by atoms with Crippen LogP contribution in [0.2, 0.25) is 0 Å². The number of aromatic nitrogens is 6. The summed E-state index contributed by atoms with van der Waals surface area (Å²) in [6.07, 6.45) is 5.60. The number of pyridine rings is 1. The number of hydrogen-bond donors (Lipinski definition) is 3. The van der Waals surface area contributed by atoms with E-state index in [1.165, 1.54) is 0 Å². The van der Waals surface area contributed by atoms with Crippen LogP contribution in [0.4, 0.5) is 11.6 Å². The summed E-state index contributed by atoms with van der Waals surface area (Å²) in [4.78, 5) is 15.9. The summed E-state index contributed by atoms with van der Waals surface area (Å²) in [7, 11) is 1.90. The van der Waals surface area contributed by atoms with Crippen LogP contribution >= 0.6 is 0 Å². The molecule has 0 aliphatic rings. The van der Waals surface area contributed by atoms with E-state index in [0.29, 0.717) is 5.95 Å². The fraction of sp³-hybridized carbons (Fsp3) is 0.0417. The molecule has 32 heavy (non-hydrogen) atoms. The highest BCUT2D eigenvalue weighted by Crippen LogP contribution is 2.31. The molecule has 0 spiro atoms. The third-order valence-electron chi connectivity index (χ3n) is 5.24. The van der Waals surface area contributed by atoms with E-state index in [-0.39, 0.29) is 0 Å². The van der Waals surface area contributed by atoms with Gasteiger partial charge in [0.05, 0.1) is 27.9 Å². The number of para-hydroxylation sites is 1. The van der Waals surface area contributed by atoms with Crippen LogP contribution in [-0.2, 0) is 7.05 Å². The predicted molar refractivity (Wildman–Crippen MR) is 124 cm³/mol. The SMILES string of the molecule is Cn1ccc(-c2ccnc3c(Nc4nc5cc(Oc6ccccc6)ccc5[nH]4)c[nH]c23)n1. The van der Waals surface area contributed by atoms with Gasteiger partial charge < -0.3 is 20.0 Å². The molecule has 4 aromatic heterocycles. The Morgan fingerprint density at radius 3 is 2.75 bits per heavy atom. The van der Waals surface area contributed by atoms with Gasteiger partial charge in [0.15, 0.2) is 0 Å². The van der Waals surface area contributed by atoms with Gasteiger partial charge in [-0.3, -0.25) is 9.67 Å². The Bertz CT molecular complexity index is 1550. The number of hydrogen-bond acceptors (Lipinski definition) is 5. The lowest BCUT2D eigenvalue weighted by Crippen LogP contribution is -1.92. The monoisotopic (exact) mass is 421 g/mol. The average Bonchev–Trinajstić information content (AvgIpc) is 3.53. The van der Waals surface area contributed by atoms with Gasteiger partial charge in [-0.1, -0.05) is 18.2 Å². The molecule has 0 aliphatic carbocycles. The molecule has 0 bridgehead atoms. The topological polar surface area (TPSA) is 96.4 Å². The number of imidazole rings is 1. The summed E-state index contributed by atoms with van der Waals surface area (Å²) in [6.45, 7) is 0. The highest BCUT2D eigenvalue weighted by atomic mass is 16.5. The number of rotatable bonds is 5. The summed E-state index contributed by atoms with van der Waals surface area (Å²) in [6, 6.07) is 19.4. The third-order valence-corrected chi connectivity index (χ3v) is 5.24. The molecule has 0 aliphatic heterocycles. The number of aromatic amines is 2. The van der Waals surface area contributed by atoms with Gasteiger partial charge in [0.1, 0.15) is 17.0 Å². The van der Waals surface area contributed by atoms with Crippen molar-refractivity contribution in [2.45, 2.75) is 0 Å². The summed E-state index contributed by atoms with van der Waals surface area (Å²) in [5.74, 6) is 2.15. The number of nitrogens with one attached hydrogen (secondary N) is 3. The van der Waals surface area contributed by atoms with Gasteiger partial charge in [0, 0.05) is 37.3 Å². The first-order chi connectivity index (χ1) is 15.7. The molecule has 0 saturated heterocycles. The average molecular weight is 421 g/mol. The molecule has 4 heterocycles. The fourth-order valence-corrected chi connectivity index (χ4v) is 3.75. The number of H-pyrrole nitrogens is 2. The van der Waals surface area contributed by atoms with Crippen LogP contribution in [0.3, 0.4) is 0 Å². The van der Waals surface area contributed by atoms with Crippen LogP contribution in [0, 0.1) is 0 Å². The summed E-state index contributed by atoms with van der Waals surface area (Å²) in [5.41, 5.74) is 6.18. The molecule has 6 rings (SSSR count). The number of benzene rings is 2. The Hall–Kier alpha value is -4.59. The molecule has 6 aromatic rings.